The molecule has 0 heterocycles. The molecule has 0 aliphatic heterocycles. The SMILES string of the molecule is CCCCCCCCCCCCc1ccccc1C(SCCC)C(CCC(C(=O)O)C(=O)O)=S=O. The van der Waals surface area contributed by atoms with Gasteiger partial charge in [0.2, 0.25) is 0 Å². The topological polar surface area (TPSA) is 91.7 Å². The first-order valence-corrected chi connectivity index (χ1v) is 15.1. The van der Waals surface area contributed by atoms with Crippen LogP contribution in [0.15, 0.2) is 24.3 Å². The Morgan fingerprint density at radius 3 is 1.94 bits per heavy atom. The first-order valence-electron chi connectivity index (χ1n) is 13.3. The number of hydrogen-bond donors (Lipinski definition) is 2. The predicted molar refractivity (Wildman–Crippen MR) is 149 cm³/mol. The van der Waals surface area contributed by atoms with Gasteiger partial charge in [0.15, 0.2) is 5.92 Å². The Morgan fingerprint density at radius 1 is 0.829 bits per heavy atom. The Bertz CT molecular complexity index is 790. The summed E-state index contributed by atoms with van der Waals surface area (Å²) in [7, 11) is 0. The highest BCUT2D eigenvalue weighted by atomic mass is 32.2. The molecule has 0 amide bonds. The van der Waals surface area contributed by atoms with Gasteiger partial charge in [-0.15, -0.1) is 11.8 Å². The molecule has 0 bridgehead atoms. The molecule has 7 heteroatoms. The molecule has 1 unspecified atom stereocenters. The quantitative estimate of drug-likeness (QED) is 0.0997. The van der Waals surface area contributed by atoms with E-state index in [-0.39, 0.29) is 18.1 Å². The Morgan fingerprint density at radius 2 is 1.40 bits per heavy atom. The van der Waals surface area contributed by atoms with Gasteiger partial charge in [0.1, 0.15) is 0 Å². The molecule has 0 aromatic heterocycles. The minimum absolute atomic E-state index is 0.0704. The number of carboxylic acid groups (broad SMARTS) is 2. The van der Waals surface area contributed by atoms with E-state index >= 15 is 0 Å². The standard InChI is InChI=1S/C28H44O5S2/c1-3-5-6-7-8-9-10-11-12-13-16-22-17-14-15-18-23(22)26(34-21-4-2)25(35-33)20-19-24(27(29)30)28(31)32/h14-15,17-18,24,26H,3-13,16,19-21H2,1-2H3,(H,29,30)(H,31,32). The number of carboxylic acids is 2. The molecule has 35 heavy (non-hydrogen) atoms. The fourth-order valence-electron chi connectivity index (χ4n) is 4.27. The van der Waals surface area contributed by atoms with E-state index in [1.54, 1.807) is 11.8 Å². The number of benzene rings is 1. The first kappa shape index (κ1) is 31.4. The smallest absolute Gasteiger partial charge is 0.317 e. The molecular formula is C28H44O5S2. The molecule has 0 spiro atoms. The van der Waals surface area contributed by atoms with Crippen molar-refractivity contribution < 1.29 is 24.0 Å². The first-order chi connectivity index (χ1) is 17.0. The molecule has 0 aliphatic rings. The third-order valence-electron chi connectivity index (χ3n) is 6.30. The van der Waals surface area contributed by atoms with Crippen molar-refractivity contribution >= 4 is 39.8 Å². The fraction of sp³-hybridized carbons (Fsp3) is 0.679. The molecule has 0 radical (unpaired) electrons. The lowest BCUT2D eigenvalue weighted by atomic mass is 9.94. The number of rotatable bonds is 21. The largest absolute Gasteiger partial charge is 0.481 e. The van der Waals surface area contributed by atoms with Gasteiger partial charge in [-0.1, -0.05) is 95.9 Å². The van der Waals surface area contributed by atoms with Gasteiger partial charge >= 0.3 is 11.9 Å². The summed E-state index contributed by atoms with van der Waals surface area (Å²) in [5.74, 6) is -3.32. The van der Waals surface area contributed by atoms with Crippen LogP contribution >= 0.6 is 11.8 Å². The van der Waals surface area contributed by atoms with Crippen LogP contribution in [0.2, 0.25) is 0 Å². The highest BCUT2D eigenvalue weighted by molar-refractivity contribution is 8.00. The Kier molecular flexibility index (Phi) is 17.6. The second kappa shape index (κ2) is 19.6. The van der Waals surface area contributed by atoms with Gasteiger partial charge in [0, 0.05) is 4.86 Å². The van der Waals surface area contributed by atoms with Gasteiger partial charge in [0.05, 0.1) is 16.5 Å². The van der Waals surface area contributed by atoms with Crippen LogP contribution in [0.5, 0.6) is 0 Å². The summed E-state index contributed by atoms with van der Waals surface area (Å²) >= 11 is 2.10. The number of thioether (sulfide) groups is 1. The Hall–Kier alpha value is -1.60. The molecule has 1 rings (SSSR count). The van der Waals surface area contributed by atoms with Crippen LogP contribution in [-0.4, -0.2) is 37.0 Å². The van der Waals surface area contributed by atoms with Crippen molar-refractivity contribution in [3.05, 3.63) is 35.4 Å². The molecule has 1 atom stereocenters. The fourth-order valence-corrected chi connectivity index (χ4v) is 6.19. The Labute approximate surface area is 219 Å². The molecule has 2 N–H and O–H groups in total. The lowest BCUT2D eigenvalue weighted by Crippen LogP contribution is -2.25. The van der Waals surface area contributed by atoms with E-state index < -0.39 is 17.9 Å². The molecule has 0 saturated heterocycles. The zero-order valence-electron chi connectivity index (χ0n) is 21.5. The summed E-state index contributed by atoms with van der Waals surface area (Å²) in [5.41, 5.74) is 2.35. The number of aryl methyl sites for hydroxylation is 1. The van der Waals surface area contributed by atoms with E-state index in [0.717, 1.165) is 30.6 Å². The van der Waals surface area contributed by atoms with Crippen molar-refractivity contribution in [3.63, 3.8) is 0 Å². The van der Waals surface area contributed by atoms with Crippen LogP contribution in [0.1, 0.15) is 114 Å². The van der Waals surface area contributed by atoms with Crippen molar-refractivity contribution in [2.24, 2.45) is 5.92 Å². The summed E-state index contributed by atoms with van der Waals surface area (Å²) in [6.07, 6.45) is 14.9. The summed E-state index contributed by atoms with van der Waals surface area (Å²) in [6, 6.07) is 8.22. The van der Waals surface area contributed by atoms with Crippen molar-refractivity contribution in [2.45, 2.75) is 109 Å². The van der Waals surface area contributed by atoms with Gasteiger partial charge in [-0.2, -0.15) is 0 Å². The zero-order chi connectivity index (χ0) is 25.9. The molecule has 0 aliphatic carbocycles. The van der Waals surface area contributed by atoms with Gasteiger partial charge in [-0.3, -0.25) is 9.59 Å². The minimum Gasteiger partial charge on any atom is -0.481 e. The second-order valence-electron chi connectivity index (χ2n) is 9.20. The number of aliphatic carboxylic acids is 2. The lowest BCUT2D eigenvalue weighted by Gasteiger charge is -2.21. The average Bonchev–Trinajstić information content (AvgIpc) is 2.84. The summed E-state index contributed by atoms with van der Waals surface area (Å²) in [5, 5.41) is 18.3. The van der Waals surface area contributed by atoms with Crippen molar-refractivity contribution in [2.75, 3.05) is 5.75 Å². The van der Waals surface area contributed by atoms with E-state index in [1.165, 1.54) is 63.4 Å². The molecular weight excluding hydrogens is 480 g/mol. The second-order valence-corrected chi connectivity index (χ2v) is 11.1. The molecule has 1 aromatic carbocycles. The molecule has 1 aromatic rings. The number of hydrogen-bond acceptors (Lipinski definition) is 4. The van der Waals surface area contributed by atoms with Crippen LogP contribution in [0.25, 0.3) is 0 Å². The minimum atomic E-state index is -1.49. The summed E-state index contributed by atoms with van der Waals surface area (Å²) < 4.78 is 12.1. The van der Waals surface area contributed by atoms with Crippen LogP contribution < -0.4 is 0 Å². The summed E-state index contributed by atoms with van der Waals surface area (Å²) in [6.45, 7) is 4.34. The van der Waals surface area contributed by atoms with Gasteiger partial charge in [-0.05, 0) is 49.0 Å². The van der Waals surface area contributed by atoms with Crippen LogP contribution in [-0.2, 0) is 27.3 Å². The van der Waals surface area contributed by atoms with Gasteiger partial charge < -0.3 is 10.2 Å². The maximum atomic E-state index is 12.1. The van der Waals surface area contributed by atoms with Crippen molar-refractivity contribution in [1.29, 1.82) is 0 Å². The van der Waals surface area contributed by atoms with E-state index in [9.17, 15) is 24.0 Å². The Balaban J connectivity index is 2.75. The zero-order valence-corrected chi connectivity index (χ0v) is 23.1. The van der Waals surface area contributed by atoms with Gasteiger partial charge in [0.25, 0.3) is 0 Å². The predicted octanol–water partition coefficient (Wildman–Crippen LogP) is 7.29. The molecule has 5 nitrogen and oxygen atoms in total. The normalized spacial score (nSPS) is 12.0. The average molecular weight is 525 g/mol. The van der Waals surface area contributed by atoms with Crippen LogP contribution in [0.3, 0.4) is 0 Å². The molecule has 0 saturated carbocycles. The highest BCUT2D eigenvalue weighted by Gasteiger charge is 2.28. The van der Waals surface area contributed by atoms with Crippen molar-refractivity contribution in [3.8, 4) is 0 Å². The van der Waals surface area contributed by atoms with Crippen LogP contribution in [0, 0.1) is 5.92 Å². The third-order valence-corrected chi connectivity index (χ3v) is 8.62. The molecule has 198 valence electrons. The third kappa shape index (κ3) is 12.8. The van der Waals surface area contributed by atoms with Gasteiger partial charge in [-0.25, -0.2) is 4.21 Å². The van der Waals surface area contributed by atoms with E-state index in [4.69, 9.17) is 0 Å². The number of carbonyl (C=O) groups is 2. The van der Waals surface area contributed by atoms with E-state index in [2.05, 4.69) is 26.0 Å². The molecule has 0 fully saturated rings. The summed E-state index contributed by atoms with van der Waals surface area (Å²) in [4.78, 5) is 23.2. The van der Waals surface area contributed by atoms with Crippen LogP contribution in [0.4, 0.5) is 0 Å². The van der Waals surface area contributed by atoms with E-state index in [1.807, 2.05) is 12.1 Å². The van der Waals surface area contributed by atoms with Crippen molar-refractivity contribution in [1.82, 2.24) is 0 Å². The maximum absolute atomic E-state index is 12.1. The lowest BCUT2D eigenvalue weighted by molar-refractivity contribution is -0.154. The highest BCUT2D eigenvalue weighted by Crippen LogP contribution is 2.35. The maximum Gasteiger partial charge on any atom is 0.317 e. The monoisotopic (exact) mass is 524 g/mol. The van der Waals surface area contributed by atoms with E-state index in [0.29, 0.717) is 16.1 Å². The number of unbranched alkanes of at least 4 members (excludes halogenated alkanes) is 9.